The Bertz CT molecular complexity index is 229. The zero-order chi connectivity index (χ0) is 12.8. The van der Waals surface area contributed by atoms with E-state index in [1.807, 2.05) is 0 Å². The molecule has 1 N–H and O–H groups in total. The van der Waals surface area contributed by atoms with Crippen molar-refractivity contribution in [3.05, 3.63) is 0 Å². The summed E-state index contributed by atoms with van der Waals surface area (Å²) in [5, 5.41) is 3.69. The minimum absolute atomic E-state index is 0.720. The van der Waals surface area contributed by atoms with Gasteiger partial charge < -0.3 is 15.0 Å². The van der Waals surface area contributed by atoms with Crippen molar-refractivity contribution in [2.75, 3.05) is 39.4 Å². The summed E-state index contributed by atoms with van der Waals surface area (Å²) >= 11 is 0. The van der Waals surface area contributed by atoms with Crippen LogP contribution in [0.2, 0.25) is 0 Å². The Morgan fingerprint density at radius 2 is 2.22 bits per heavy atom. The SMILES string of the molecule is CCC1CCN(CC2CCCOC2)CC(C)CN1. The van der Waals surface area contributed by atoms with Crippen molar-refractivity contribution in [3.63, 3.8) is 0 Å². The molecule has 2 saturated heterocycles. The Balaban J connectivity index is 1.81. The molecule has 3 heteroatoms. The van der Waals surface area contributed by atoms with Crippen LogP contribution in [0.1, 0.15) is 39.5 Å². The molecule has 2 fully saturated rings. The Morgan fingerprint density at radius 1 is 1.33 bits per heavy atom. The molecule has 2 rings (SSSR count). The largest absolute Gasteiger partial charge is 0.381 e. The maximum absolute atomic E-state index is 5.61. The van der Waals surface area contributed by atoms with E-state index in [1.54, 1.807) is 0 Å². The molecular weight excluding hydrogens is 224 g/mol. The highest BCUT2D eigenvalue weighted by molar-refractivity contribution is 4.77. The Labute approximate surface area is 112 Å². The fourth-order valence-electron chi connectivity index (χ4n) is 3.24. The average molecular weight is 254 g/mol. The van der Waals surface area contributed by atoms with Gasteiger partial charge in [-0.25, -0.2) is 0 Å². The van der Waals surface area contributed by atoms with Crippen molar-refractivity contribution >= 4 is 0 Å². The lowest BCUT2D eigenvalue weighted by Gasteiger charge is -2.35. The Kier molecular flexibility index (Phi) is 5.93. The lowest BCUT2D eigenvalue weighted by molar-refractivity contribution is 0.0344. The first-order chi connectivity index (χ1) is 8.78. The zero-order valence-electron chi connectivity index (χ0n) is 12.2. The van der Waals surface area contributed by atoms with Gasteiger partial charge in [0.15, 0.2) is 0 Å². The van der Waals surface area contributed by atoms with Crippen molar-refractivity contribution in [3.8, 4) is 0 Å². The van der Waals surface area contributed by atoms with Gasteiger partial charge in [0.25, 0.3) is 0 Å². The molecule has 3 unspecified atom stereocenters. The van der Waals surface area contributed by atoms with Gasteiger partial charge in [-0.05, 0) is 50.6 Å². The summed E-state index contributed by atoms with van der Waals surface area (Å²) in [6.45, 7) is 11.6. The smallest absolute Gasteiger partial charge is 0.0506 e. The summed E-state index contributed by atoms with van der Waals surface area (Å²) in [4.78, 5) is 2.69. The summed E-state index contributed by atoms with van der Waals surface area (Å²) in [5.41, 5.74) is 0. The first-order valence-electron chi connectivity index (χ1n) is 7.81. The van der Waals surface area contributed by atoms with Crippen LogP contribution in [0, 0.1) is 11.8 Å². The second kappa shape index (κ2) is 7.46. The number of rotatable bonds is 3. The van der Waals surface area contributed by atoms with Gasteiger partial charge in [-0.3, -0.25) is 0 Å². The van der Waals surface area contributed by atoms with Gasteiger partial charge in [0.2, 0.25) is 0 Å². The Hall–Kier alpha value is -0.120. The molecule has 18 heavy (non-hydrogen) atoms. The van der Waals surface area contributed by atoms with Gasteiger partial charge in [-0.2, -0.15) is 0 Å². The van der Waals surface area contributed by atoms with E-state index in [9.17, 15) is 0 Å². The summed E-state index contributed by atoms with van der Waals surface area (Å²) in [6, 6.07) is 0.720. The van der Waals surface area contributed by atoms with Crippen molar-refractivity contribution in [1.29, 1.82) is 0 Å². The first-order valence-corrected chi connectivity index (χ1v) is 7.81. The van der Waals surface area contributed by atoms with Crippen molar-refractivity contribution < 1.29 is 4.74 Å². The molecule has 3 atom stereocenters. The molecule has 0 radical (unpaired) electrons. The molecule has 3 nitrogen and oxygen atoms in total. The molecule has 0 aromatic heterocycles. The van der Waals surface area contributed by atoms with E-state index in [-0.39, 0.29) is 0 Å². The van der Waals surface area contributed by atoms with Gasteiger partial charge in [-0.15, -0.1) is 0 Å². The molecule has 106 valence electrons. The minimum atomic E-state index is 0.720. The van der Waals surface area contributed by atoms with Crippen molar-refractivity contribution in [2.24, 2.45) is 11.8 Å². The van der Waals surface area contributed by atoms with Crippen molar-refractivity contribution in [1.82, 2.24) is 10.2 Å². The van der Waals surface area contributed by atoms with E-state index in [4.69, 9.17) is 4.74 Å². The highest BCUT2D eigenvalue weighted by Gasteiger charge is 2.22. The van der Waals surface area contributed by atoms with E-state index in [2.05, 4.69) is 24.1 Å². The maximum atomic E-state index is 5.61. The second-order valence-corrected chi connectivity index (χ2v) is 6.25. The van der Waals surface area contributed by atoms with Gasteiger partial charge in [0, 0.05) is 25.7 Å². The zero-order valence-corrected chi connectivity index (χ0v) is 12.2. The summed E-state index contributed by atoms with van der Waals surface area (Å²) in [7, 11) is 0. The lowest BCUT2D eigenvalue weighted by Crippen LogP contribution is -2.45. The normalized spacial score (nSPS) is 36.0. The summed E-state index contributed by atoms with van der Waals surface area (Å²) in [5.74, 6) is 1.54. The van der Waals surface area contributed by atoms with Crippen LogP contribution in [0.15, 0.2) is 0 Å². The number of nitrogens with zero attached hydrogens (tertiary/aromatic N) is 1. The highest BCUT2D eigenvalue weighted by Crippen LogP contribution is 2.17. The van der Waals surface area contributed by atoms with Crippen LogP contribution in [-0.4, -0.2) is 50.3 Å². The third-order valence-electron chi connectivity index (χ3n) is 4.38. The van der Waals surface area contributed by atoms with Gasteiger partial charge in [0.05, 0.1) is 6.61 Å². The predicted molar refractivity (Wildman–Crippen MR) is 75.8 cm³/mol. The van der Waals surface area contributed by atoms with Crippen molar-refractivity contribution in [2.45, 2.75) is 45.6 Å². The molecule has 2 aliphatic rings. The fourth-order valence-corrected chi connectivity index (χ4v) is 3.24. The molecule has 2 heterocycles. The molecule has 0 saturated carbocycles. The van der Waals surface area contributed by atoms with E-state index >= 15 is 0 Å². The topological polar surface area (TPSA) is 24.5 Å². The van der Waals surface area contributed by atoms with Crippen LogP contribution in [0.5, 0.6) is 0 Å². The monoisotopic (exact) mass is 254 g/mol. The molecule has 0 aromatic carbocycles. The van der Waals surface area contributed by atoms with Crippen LogP contribution in [0.3, 0.4) is 0 Å². The van der Waals surface area contributed by atoms with E-state index in [0.29, 0.717) is 0 Å². The number of nitrogens with one attached hydrogen (secondary N) is 1. The molecule has 0 amide bonds. The molecule has 0 aliphatic carbocycles. The fraction of sp³-hybridized carbons (Fsp3) is 1.00. The number of hydrogen-bond donors (Lipinski definition) is 1. The highest BCUT2D eigenvalue weighted by atomic mass is 16.5. The summed E-state index contributed by atoms with van der Waals surface area (Å²) < 4.78 is 5.61. The predicted octanol–water partition coefficient (Wildman–Crippen LogP) is 2.12. The van der Waals surface area contributed by atoms with Gasteiger partial charge in [0.1, 0.15) is 0 Å². The molecule has 2 aliphatic heterocycles. The van der Waals surface area contributed by atoms with E-state index < -0.39 is 0 Å². The van der Waals surface area contributed by atoms with Gasteiger partial charge >= 0.3 is 0 Å². The van der Waals surface area contributed by atoms with Crippen LogP contribution >= 0.6 is 0 Å². The Morgan fingerprint density at radius 3 is 2.94 bits per heavy atom. The third kappa shape index (κ3) is 4.52. The minimum Gasteiger partial charge on any atom is -0.381 e. The van der Waals surface area contributed by atoms with E-state index in [0.717, 1.165) is 31.1 Å². The number of hydrogen-bond acceptors (Lipinski definition) is 3. The lowest BCUT2D eigenvalue weighted by atomic mass is 9.99. The van der Waals surface area contributed by atoms with Crippen LogP contribution < -0.4 is 5.32 Å². The quantitative estimate of drug-likeness (QED) is 0.835. The summed E-state index contributed by atoms with van der Waals surface area (Å²) in [6.07, 6.45) is 5.18. The molecule has 0 aromatic rings. The second-order valence-electron chi connectivity index (χ2n) is 6.25. The average Bonchev–Trinajstić information content (AvgIpc) is 2.37. The molecule has 0 bridgehead atoms. The standard InChI is InChI=1S/C15H30N2O/c1-3-15-6-7-17(10-13(2)9-16-15)11-14-5-4-8-18-12-14/h13-16H,3-12H2,1-2H3. The third-order valence-corrected chi connectivity index (χ3v) is 4.38. The maximum Gasteiger partial charge on any atom is 0.0506 e. The van der Waals surface area contributed by atoms with Crippen LogP contribution in [-0.2, 0) is 4.74 Å². The molecule has 0 spiro atoms. The van der Waals surface area contributed by atoms with Crippen LogP contribution in [0.4, 0.5) is 0 Å². The van der Waals surface area contributed by atoms with E-state index in [1.165, 1.54) is 51.9 Å². The number of ether oxygens (including phenoxy) is 1. The molecular formula is C15H30N2O. The van der Waals surface area contributed by atoms with Gasteiger partial charge in [-0.1, -0.05) is 13.8 Å². The van der Waals surface area contributed by atoms with Crippen LogP contribution in [0.25, 0.3) is 0 Å². The first kappa shape index (κ1) is 14.3.